The summed E-state index contributed by atoms with van der Waals surface area (Å²) in [7, 11) is -1.65. The van der Waals surface area contributed by atoms with Gasteiger partial charge in [-0.05, 0) is 60.3 Å². The number of alkyl halides is 6. The molecule has 3 rings (SSSR count). The number of carbonyl (C=O) groups excluding carboxylic acids is 1. The van der Waals surface area contributed by atoms with Crippen molar-refractivity contribution in [3.8, 4) is 0 Å². The molecule has 1 unspecified atom stereocenters. The minimum atomic E-state index is -5.03. The topological polar surface area (TPSA) is 48.0 Å². The molecule has 1 heterocycles. The maximum Gasteiger partial charge on any atom is 0.416 e. The van der Waals surface area contributed by atoms with Crippen LogP contribution in [0.25, 0.3) is 0 Å². The molecule has 0 saturated carbocycles. The van der Waals surface area contributed by atoms with Crippen LogP contribution in [0.2, 0.25) is 13.1 Å². The molecule has 0 spiro atoms. The normalized spacial score (nSPS) is 17.7. The van der Waals surface area contributed by atoms with Gasteiger partial charge in [0, 0.05) is 19.0 Å². The van der Waals surface area contributed by atoms with Gasteiger partial charge in [0.25, 0.3) is 5.91 Å². The molecule has 44 heavy (non-hydrogen) atoms. The van der Waals surface area contributed by atoms with Crippen molar-refractivity contribution in [2.45, 2.75) is 77.4 Å². The third kappa shape index (κ3) is 9.18. The molecule has 1 aliphatic rings. The molecule has 12 heteroatoms. The van der Waals surface area contributed by atoms with Crippen LogP contribution in [0.5, 0.6) is 0 Å². The zero-order valence-electron chi connectivity index (χ0n) is 25.9. The van der Waals surface area contributed by atoms with Crippen LogP contribution in [0.3, 0.4) is 0 Å². The summed E-state index contributed by atoms with van der Waals surface area (Å²) in [5.74, 6) is -1.30. The van der Waals surface area contributed by atoms with E-state index in [1.54, 1.807) is 35.2 Å². The SMILES string of the molecule is C=C(C(O[SiH](C)C)C(C)(C)C)[C@H](c1ccccc1)[C@H](O[C@H](C)c1cc(C(F)(F)F)cc(C(F)(F)F)c1)C(=O)N1CCOCC1. The van der Waals surface area contributed by atoms with Crippen LogP contribution in [0.1, 0.15) is 62.0 Å². The van der Waals surface area contributed by atoms with E-state index in [0.717, 1.165) is 0 Å². The lowest BCUT2D eigenvalue weighted by Gasteiger charge is -2.41. The summed E-state index contributed by atoms with van der Waals surface area (Å²) in [5.41, 5.74) is -2.55. The number of hydrogen-bond donors (Lipinski definition) is 0. The standard InChI is InChI=1S/C32H41F6NO4Si/c1-20(28(30(3,4)5)43-44(6)7)26(22-11-9-8-10-12-22)27(29(40)39-13-15-41-16-14-39)42-21(2)23-17-24(31(33,34)35)19-25(18-23)32(36,37)38/h8-12,17-19,21,26-28,44H,1,13-16H2,2-7H3/t21-,26-,27+,28?/m1/s1. The molecule has 1 saturated heterocycles. The molecule has 1 aliphatic heterocycles. The lowest BCUT2D eigenvalue weighted by molar-refractivity contribution is -0.153. The summed E-state index contributed by atoms with van der Waals surface area (Å²) in [6.45, 7) is 16.7. The third-order valence-electron chi connectivity index (χ3n) is 7.39. The van der Waals surface area contributed by atoms with E-state index in [2.05, 4.69) is 6.58 Å². The fraction of sp³-hybridized carbons (Fsp3) is 0.531. The van der Waals surface area contributed by atoms with Crippen LogP contribution < -0.4 is 0 Å². The smallest absolute Gasteiger partial charge is 0.413 e. The predicted molar refractivity (Wildman–Crippen MR) is 159 cm³/mol. The Morgan fingerprint density at radius 3 is 1.89 bits per heavy atom. The number of amides is 1. The summed E-state index contributed by atoms with van der Waals surface area (Å²) in [4.78, 5) is 15.8. The molecule has 0 bridgehead atoms. The minimum Gasteiger partial charge on any atom is -0.413 e. The summed E-state index contributed by atoms with van der Waals surface area (Å²) in [6.07, 6.45) is -13.3. The van der Waals surface area contributed by atoms with E-state index in [0.29, 0.717) is 23.3 Å². The van der Waals surface area contributed by atoms with Gasteiger partial charge in [0.1, 0.15) is 6.10 Å². The first kappa shape index (κ1) is 35.8. The molecule has 5 nitrogen and oxygen atoms in total. The lowest BCUT2D eigenvalue weighted by Crippen LogP contribution is -2.50. The van der Waals surface area contributed by atoms with Crippen LogP contribution in [-0.2, 0) is 31.0 Å². The third-order valence-corrected chi connectivity index (χ3v) is 8.21. The Kier molecular flexibility index (Phi) is 11.5. The highest BCUT2D eigenvalue weighted by atomic mass is 28.3. The lowest BCUT2D eigenvalue weighted by atomic mass is 9.76. The largest absolute Gasteiger partial charge is 0.416 e. The first-order valence-corrected chi connectivity index (χ1v) is 17.3. The van der Waals surface area contributed by atoms with Crippen molar-refractivity contribution in [2.75, 3.05) is 26.3 Å². The molecule has 1 amide bonds. The van der Waals surface area contributed by atoms with E-state index in [4.69, 9.17) is 13.9 Å². The van der Waals surface area contributed by atoms with Crippen LogP contribution in [0.15, 0.2) is 60.7 Å². The second kappa shape index (κ2) is 14.2. The number of benzene rings is 2. The second-order valence-electron chi connectivity index (χ2n) is 12.4. The number of nitrogens with zero attached hydrogens (tertiary/aromatic N) is 1. The molecule has 0 radical (unpaired) electrons. The van der Waals surface area contributed by atoms with E-state index in [-0.39, 0.29) is 37.9 Å². The monoisotopic (exact) mass is 645 g/mol. The zero-order valence-corrected chi connectivity index (χ0v) is 27.0. The Hall–Kier alpha value is -2.67. The first-order valence-electron chi connectivity index (χ1n) is 14.5. The van der Waals surface area contributed by atoms with Gasteiger partial charge in [-0.2, -0.15) is 26.3 Å². The quantitative estimate of drug-likeness (QED) is 0.150. The van der Waals surface area contributed by atoms with E-state index in [9.17, 15) is 31.1 Å². The Morgan fingerprint density at radius 1 is 0.909 bits per heavy atom. The molecule has 1 fully saturated rings. The molecule has 244 valence electrons. The Labute approximate surface area is 256 Å². The summed E-state index contributed by atoms with van der Waals surface area (Å²) in [6, 6.07) is 10.3. The van der Waals surface area contributed by atoms with E-state index in [1.807, 2.05) is 33.9 Å². The molecule has 0 N–H and O–H groups in total. The minimum absolute atomic E-state index is 0.0717. The van der Waals surface area contributed by atoms with Gasteiger partial charge in [-0.25, -0.2) is 0 Å². The maximum atomic E-state index is 14.2. The Morgan fingerprint density at radius 2 is 1.43 bits per heavy atom. The van der Waals surface area contributed by atoms with Crippen molar-refractivity contribution < 1.29 is 45.0 Å². The highest BCUT2D eigenvalue weighted by molar-refractivity contribution is 6.48. The molecule has 0 aromatic heterocycles. The maximum absolute atomic E-state index is 14.2. The number of hydrogen-bond acceptors (Lipinski definition) is 4. The van der Waals surface area contributed by atoms with Gasteiger partial charge in [-0.15, -0.1) is 0 Å². The number of halogens is 6. The molecular weight excluding hydrogens is 604 g/mol. The van der Waals surface area contributed by atoms with Crippen molar-refractivity contribution >= 4 is 14.9 Å². The second-order valence-corrected chi connectivity index (χ2v) is 14.7. The number of morpholine rings is 1. The molecule has 2 aromatic rings. The van der Waals surface area contributed by atoms with Crippen molar-refractivity contribution in [3.05, 3.63) is 82.9 Å². The molecule has 0 aliphatic carbocycles. The van der Waals surface area contributed by atoms with Crippen LogP contribution in [-0.4, -0.2) is 58.4 Å². The summed E-state index contributed by atoms with van der Waals surface area (Å²) in [5, 5.41) is 0. The van der Waals surface area contributed by atoms with E-state index >= 15 is 0 Å². The zero-order chi connectivity index (χ0) is 33.0. The average molecular weight is 646 g/mol. The van der Waals surface area contributed by atoms with Crippen LogP contribution >= 0.6 is 0 Å². The fourth-order valence-electron chi connectivity index (χ4n) is 5.28. The average Bonchev–Trinajstić information content (AvgIpc) is 2.94. The van der Waals surface area contributed by atoms with Gasteiger partial charge in [0.15, 0.2) is 9.04 Å². The molecule has 2 aromatic carbocycles. The Bertz CT molecular complexity index is 1240. The van der Waals surface area contributed by atoms with E-state index < -0.39 is 68.1 Å². The van der Waals surface area contributed by atoms with Crippen molar-refractivity contribution in [2.24, 2.45) is 5.41 Å². The highest BCUT2D eigenvalue weighted by Gasteiger charge is 2.43. The Balaban J connectivity index is 2.19. The van der Waals surface area contributed by atoms with Gasteiger partial charge < -0.3 is 18.8 Å². The van der Waals surface area contributed by atoms with Gasteiger partial charge >= 0.3 is 12.4 Å². The van der Waals surface area contributed by atoms with Crippen LogP contribution in [0.4, 0.5) is 26.3 Å². The predicted octanol–water partition coefficient (Wildman–Crippen LogP) is 7.78. The highest BCUT2D eigenvalue weighted by Crippen LogP contribution is 2.42. The summed E-state index contributed by atoms with van der Waals surface area (Å²) >= 11 is 0. The van der Waals surface area contributed by atoms with Crippen molar-refractivity contribution in [1.82, 2.24) is 4.90 Å². The first-order chi connectivity index (χ1) is 20.3. The van der Waals surface area contributed by atoms with Gasteiger partial charge in [-0.1, -0.05) is 57.7 Å². The van der Waals surface area contributed by atoms with Gasteiger partial charge in [0.05, 0.1) is 36.5 Å². The number of ether oxygens (including phenoxy) is 2. The molecule has 4 atom stereocenters. The van der Waals surface area contributed by atoms with Gasteiger partial charge in [-0.3, -0.25) is 4.79 Å². The van der Waals surface area contributed by atoms with Gasteiger partial charge in [0.2, 0.25) is 0 Å². The number of rotatable bonds is 10. The fourth-order valence-corrected chi connectivity index (χ4v) is 6.41. The van der Waals surface area contributed by atoms with E-state index in [1.165, 1.54) is 6.92 Å². The number of carbonyl (C=O) groups is 1. The van der Waals surface area contributed by atoms with Crippen LogP contribution in [0, 0.1) is 5.41 Å². The van der Waals surface area contributed by atoms with Crippen molar-refractivity contribution in [3.63, 3.8) is 0 Å². The summed E-state index contributed by atoms with van der Waals surface area (Å²) < 4.78 is 100. The molecular formula is C32H41F6NO4Si. The van der Waals surface area contributed by atoms with Crippen molar-refractivity contribution in [1.29, 1.82) is 0 Å².